The van der Waals surface area contributed by atoms with E-state index in [0.29, 0.717) is 11.3 Å². The number of pyridine rings is 1. The fourth-order valence-corrected chi connectivity index (χ4v) is 2.44. The molecule has 1 aromatic heterocycles. The van der Waals surface area contributed by atoms with Crippen molar-refractivity contribution in [2.24, 2.45) is 0 Å². The van der Waals surface area contributed by atoms with Crippen molar-refractivity contribution in [1.82, 2.24) is 4.98 Å². The number of carboxylic acid groups (broad SMARTS) is 1. The Morgan fingerprint density at radius 3 is 2.74 bits per heavy atom. The van der Waals surface area contributed by atoms with E-state index in [9.17, 15) is 9.59 Å². The van der Waals surface area contributed by atoms with E-state index in [1.807, 2.05) is 25.1 Å². The molecule has 0 unspecified atom stereocenters. The zero-order valence-corrected chi connectivity index (χ0v) is 13.5. The molecule has 23 heavy (non-hydrogen) atoms. The number of aliphatic carboxylic acids is 1. The van der Waals surface area contributed by atoms with E-state index < -0.39 is 11.9 Å². The molecule has 0 saturated heterocycles. The Morgan fingerprint density at radius 2 is 2.09 bits per heavy atom. The fraction of sp³-hybridized carbons (Fsp3) is 0.353. The predicted octanol–water partition coefficient (Wildman–Crippen LogP) is 2.63. The Morgan fingerprint density at radius 1 is 1.35 bits per heavy atom. The van der Waals surface area contributed by atoms with Gasteiger partial charge >= 0.3 is 11.9 Å². The van der Waals surface area contributed by atoms with Gasteiger partial charge in [-0.05, 0) is 26.0 Å². The molecule has 122 valence electrons. The number of carboxylic acids is 1. The molecule has 0 aliphatic heterocycles. The van der Waals surface area contributed by atoms with Gasteiger partial charge < -0.3 is 14.7 Å². The highest BCUT2D eigenvalue weighted by molar-refractivity contribution is 6.05. The quantitative estimate of drug-likeness (QED) is 0.825. The van der Waals surface area contributed by atoms with Crippen LogP contribution in [0.5, 0.6) is 0 Å². The van der Waals surface area contributed by atoms with Crippen molar-refractivity contribution in [3.8, 4) is 0 Å². The van der Waals surface area contributed by atoms with E-state index in [-0.39, 0.29) is 19.6 Å². The van der Waals surface area contributed by atoms with Gasteiger partial charge in [0.2, 0.25) is 0 Å². The second-order valence-corrected chi connectivity index (χ2v) is 5.33. The van der Waals surface area contributed by atoms with Crippen LogP contribution in [0.3, 0.4) is 0 Å². The number of ether oxygens (including phenoxy) is 1. The lowest BCUT2D eigenvalue weighted by Crippen LogP contribution is -2.24. The number of carbonyl (C=O) groups excluding carboxylic acids is 1. The van der Waals surface area contributed by atoms with Crippen molar-refractivity contribution >= 4 is 28.5 Å². The van der Waals surface area contributed by atoms with Gasteiger partial charge in [-0.2, -0.15) is 0 Å². The normalized spacial score (nSPS) is 10.6. The third-order valence-electron chi connectivity index (χ3n) is 3.53. The minimum absolute atomic E-state index is 0.0194. The van der Waals surface area contributed by atoms with Crippen molar-refractivity contribution in [2.45, 2.75) is 20.3 Å². The van der Waals surface area contributed by atoms with Gasteiger partial charge in [-0.25, -0.2) is 4.79 Å². The first-order chi connectivity index (χ1) is 10.9. The first-order valence-corrected chi connectivity index (χ1v) is 7.43. The van der Waals surface area contributed by atoms with Gasteiger partial charge in [-0.15, -0.1) is 0 Å². The Hall–Kier alpha value is -2.63. The highest BCUT2D eigenvalue weighted by Gasteiger charge is 2.20. The number of carbonyl (C=O) groups is 2. The van der Waals surface area contributed by atoms with Crippen LogP contribution in [0, 0.1) is 6.92 Å². The molecule has 6 heteroatoms. The largest absolute Gasteiger partial charge is 0.481 e. The summed E-state index contributed by atoms with van der Waals surface area (Å²) in [6.45, 7) is 4.25. The molecule has 0 bridgehead atoms. The summed E-state index contributed by atoms with van der Waals surface area (Å²) in [5.41, 5.74) is 2.78. The molecule has 0 radical (unpaired) electrons. The monoisotopic (exact) mass is 316 g/mol. The maximum Gasteiger partial charge on any atom is 0.341 e. The molecule has 0 saturated carbocycles. The lowest BCUT2D eigenvalue weighted by Gasteiger charge is -2.23. The maximum atomic E-state index is 12.2. The van der Waals surface area contributed by atoms with Crippen molar-refractivity contribution in [1.29, 1.82) is 0 Å². The van der Waals surface area contributed by atoms with Crippen LogP contribution in [0.1, 0.15) is 29.3 Å². The van der Waals surface area contributed by atoms with Crippen LogP contribution in [0.2, 0.25) is 0 Å². The average Bonchev–Trinajstić information content (AvgIpc) is 2.51. The van der Waals surface area contributed by atoms with Gasteiger partial charge in [-0.3, -0.25) is 9.78 Å². The average molecular weight is 316 g/mol. The summed E-state index contributed by atoms with van der Waals surface area (Å²) in [7, 11) is 1.77. The molecule has 2 aromatic rings. The summed E-state index contributed by atoms with van der Waals surface area (Å²) < 4.78 is 5.10. The molecule has 0 spiro atoms. The summed E-state index contributed by atoms with van der Waals surface area (Å²) in [5, 5.41) is 9.71. The second-order valence-electron chi connectivity index (χ2n) is 5.33. The number of aryl methyl sites for hydroxylation is 1. The number of fused-ring (bicyclic) bond motifs is 1. The second kappa shape index (κ2) is 7.09. The molecule has 0 amide bonds. The van der Waals surface area contributed by atoms with E-state index in [0.717, 1.165) is 16.5 Å². The number of hydrogen-bond acceptors (Lipinski definition) is 5. The molecule has 0 aliphatic rings. The molecule has 0 atom stereocenters. The van der Waals surface area contributed by atoms with Crippen molar-refractivity contribution in [3.05, 3.63) is 35.5 Å². The number of rotatable bonds is 6. The SMILES string of the molecule is CCOC(=O)c1cnc2ccc(C)cc2c1N(C)CCC(=O)O. The summed E-state index contributed by atoms with van der Waals surface area (Å²) in [4.78, 5) is 29.2. The van der Waals surface area contributed by atoms with E-state index in [4.69, 9.17) is 9.84 Å². The van der Waals surface area contributed by atoms with Crippen molar-refractivity contribution < 1.29 is 19.4 Å². The molecule has 1 N–H and O–H groups in total. The Bertz CT molecular complexity index is 743. The lowest BCUT2D eigenvalue weighted by atomic mass is 10.1. The summed E-state index contributed by atoms with van der Waals surface area (Å²) in [5.74, 6) is -1.34. The first kappa shape index (κ1) is 16.7. The molecule has 0 aliphatic carbocycles. The highest BCUT2D eigenvalue weighted by atomic mass is 16.5. The van der Waals surface area contributed by atoms with Gasteiger partial charge in [-0.1, -0.05) is 11.6 Å². The minimum atomic E-state index is -0.885. The Kier molecular flexibility index (Phi) is 5.16. The van der Waals surface area contributed by atoms with Crippen molar-refractivity contribution in [3.63, 3.8) is 0 Å². The highest BCUT2D eigenvalue weighted by Crippen LogP contribution is 2.30. The first-order valence-electron chi connectivity index (χ1n) is 7.43. The molecule has 6 nitrogen and oxygen atoms in total. The molecule has 0 fully saturated rings. The summed E-state index contributed by atoms with van der Waals surface area (Å²) in [6.07, 6.45) is 1.47. The smallest absolute Gasteiger partial charge is 0.341 e. The molecule has 1 aromatic carbocycles. The minimum Gasteiger partial charge on any atom is -0.481 e. The Labute approximate surface area is 134 Å². The third kappa shape index (κ3) is 3.77. The van der Waals surface area contributed by atoms with Crippen LogP contribution < -0.4 is 4.90 Å². The number of aromatic nitrogens is 1. The number of hydrogen-bond donors (Lipinski definition) is 1. The molecule has 2 rings (SSSR count). The molecule has 1 heterocycles. The van der Waals surface area contributed by atoms with Crippen LogP contribution in [0.25, 0.3) is 10.9 Å². The standard InChI is InChI=1S/C17H20N2O4/c1-4-23-17(22)13-10-18-14-6-5-11(2)9-12(14)16(13)19(3)8-7-15(20)21/h5-6,9-10H,4,7-8H2,1-3H3,(H,20,21). The molecular formula is C17H20N2O4. The topological polar surface area (TPSA) is 79.7 Å². The van der Waals surface area contributed by atoms with Gasteiger partial charge in [0.25, 0.3) is 0 Å². The number of nitrogens with zero attached hydrogens (tertiary/aromatic N) is 2. The zero-order chi connectivity index (χ0) is 17.0. The van der Waals surface area contributed by atoms with Crippen LogP contribution >= 0.6 is 0 Å². The van der Waals surface area contributed by atoms with E-state index in [2.05, 4.69) is 4.98 Å². The number of anilines is 1. The summed E-state index contributed by atoms with van der Waals surface area (Å²) in [6, 6.07) is 5.77. The maximum absolute atomic E-state index is 12.2. The lowest BCUT2D eigenvalue weighted by molar-refractivity contribution is -0.136. The zero-order valence-electron chi connectivity index (χ0n) is 13.5. The van der Waals surface area contributed by atoms with Crippen LogP contribution in [-0.2, 0) is 9.53 Å². The molecular weight excluding hydrogens is 296 g/mol. The fourth-order valence-electron chi connectivity index (χ4n) is 2.44. The van der Waals surface area contributed by atoms with Crippen molar-refractivity contribution in [2.75, 3.05) is 25.1 Å². The van der Waals surface area contributed by atoms with E-state index >= 15 is 0 Å². The third-order valence-corrected chi connectivity index (χ3v) is 3.53. The van der Waals surface area contributed by atoms with Crippen LogP contribution in [-0.4, -0.2) is 42.2 Å². The van der Waals surface area contributed by atoms with E-state index in [1.165, 1.54) is 6.20 Å². The summed E-state index contributed by atoms with van der Waals surface area (Å²) >= 11 is 0. The predicted molar refractivity (Wildman–Crippen MR) is 88.0 cm³/mol. The van der Waals surface area contributed by atoms with Gasteiger partial charge in [0, 0.05) is 25.2 Å². The van der Waals surface area contributed by atoms with Crippen LogP contribution in [0.4, 0.5) is 5.69 Å². The van der Waals surface area contributed by atoms with Gasteiger partial charge in [0.1, 0.15) is 5.56 Å². The number of esters is 1. The Balaban J connectivity index is 2.58. The van der Waals surface area contributed by atoms with E-state index in [1.54, 1.807) is 18.9 Å². The van der Waals surface area contributed by atoms with Crippen LogP contribution in [0.15, 0.2) is 24.4 Å². The number of benzene rings is 1. The van der Waals surface area contributed by atoms with Gasteiger partial charge in [0.05, 0.1) is 24.2 Å². The van der Waals surface area contributed by atoms with Gasteiger partial charge in [0.15, 0.2) is 0 Å².